The zero-order valence-electron chi connectivity index (χ0n) is 14.5. The van der Waals surface area contributed by atoms with E-state index in [-0.39, 0.29) is 17.7 Å². The Balaban J connectivity index is 1.88. The lowest BCUT2D eigenvalue weighted by Crippen LogP contribution is -2.56. The average molecular weight is 402 g/mol. The number of benzene rings is 1. The first-order chi connectivity index (χ1) is 13.2. The Morgan fingerprint density at radius 2 is 1.82 bits per heavy atom. The Morgan fingerprint density at radius 1 is 1.18 bits per heavy atom. The van der Waals surface area contributed by atoms with Gasteiger partial charge >= 0.3 is 5.97 Å². The molecule has 2 heterocycles. The van der Waals surface area contributed by atoms with Gasteiger partial charge in [-0.3, -0.25) is 9.48 Å². The molecule has 152 valence electrons. The van der Waals surface area contributed by atoms with E-state index in [2.05, 4.69) is 5.10 Å². The molecule has 11 heteroatoms. The SMILES string of the molecule is CC(=O)OC[C@H]1OC(O)[C@H](O)[C@@H](n2cc(-c3cc(F)c(F)c(F)c3)cn2)[C@H]1O. The molecule has 1 unspecified atom stereocenters. The number of ether oxygens (including phenoxy) is 2. The van der Waals surface area contributed by atoms with Gasteiger partial charge < -0.3 is 24.8 Å². The molecule has 3 rings (SSSR count). The minimum absolute atomic E-state index is 0.0179. The highest BCUT2D eigenvalue weighted by Gasteiger charge is 2.45. The fourth-order valence-corrected chi connectivity index (χ4v) is 2.95. The van der Waals surface area contributed by atoms with Crippen molar-refractivity contribution in [2.24, 2.45) is 0 Å². The lowest BCUT2D eigenvalue weighted by atomic mass is 9.96. The van der Waals surface area contributed by atoms with Crippen molar-refractivity contribution in [3.63, 3.8) is 0 Å². The normalized spacial score (nSPS) is 27.6. The van der Waals surface area contributed by atoms with Gasteiger partial charge in [0.25, 0.3) is 0 Å². The molecule has 0 amide bonds. The maximum Gasteiger partial charge on any atom is 0.302 e. The molecule has 3 N–H and O–H groups in total. The van der Waals surface area contributed by atoms with Crippen molar-refractivity contribution >= 4 is 5.97 Å². The third-order valence-corrected chi connectivity index (χ3v) is 4.36. The van der Waals surface area contributed by atoms with Crippen molar-refractivity contribution in [1.82, 2.24) is 9.78 Å². The van der Waals surface area contributed by atoms with Crippen molar-refractivity contribution < 1.29 is 42.8 Å². The molecule has 0 saturated carbocycles. The van der Waals surface area contributed by atoms with E-state index in [0.29, 0.717) is 0 Å². The molecule has 5 atom stereocenters. The summed E-state index contributed by atoms with van der Waals surface area (Å²) in [5.41, 5.74) is 0.158. The number of nitrogens with zero attached hydrogens (tertiary/aromatic N) is 2. The summed E-state index contributed by atoms with van der Waals surface area (Å²) < 4.78 is 50.9. The Bertz CT molecular complexity index is 853. The minimum atomic E-state index is -1.71. The Hall–Kier alpha value is -2.47. The molecule has 0 radical (unpaired) electrons. The monoisotopic (exact) mass is 402 g/mol. The lowest BCUT2D eigenvalue weighted by molar-refractivity contribution is -0.271. The van der Waals surface area contributed by atoms with Crippen LogP contribution in [0, 0.1) is 17.5 Å². The van der Waals surface area contributed by atoms with E-state index < -0.39 is 54.1 Å². The van der Waals surface area contributed by atoms with Crippen LogP contribution in [-0.4, -0.2) is 62.3 Å². The van der Waals surface area contributed by atoms with Gasteiger partial charge in [-0.15, -0.1) is 0 Å². The third-order valence-electron chi connectivity index (χ3n) is 4.36. The van der Waals surface area contributed by atoms with E-state index in [0.717, 1.165) is 23.7 Å². The zero-order valence-corrected chi connectivity index (χ0v) is 14.5. The smallest absolute Gasteiger partial charge is 0.302 e. The second-order valence-corrected chi connectivity index (χ2v) is 6.30. The maximum atomic E-state index is 13.5. The number of carbonyl (C=O) groups is 1. The number of aliphatic hydroxyl groups is 3. The zero-order chi connectivity index (χ0) is 20.6. The van der Waals surface area contributed by atoms with E-state index >= 15 is 0 Å². The summed E-state index contributed by atoms with van der Waals surface area (Å²) in [5, 5.41) is 34.5. The summed E-state index contributed by atoms with van der Waals surface area (Å²) in [6.07, 6.45) is -3.45. The highest BCUT2D eigenvalue weighted by atomic mass is 19.2. The van der Waals surface area contributed by atoms with Gasteiger partial charge in [0.1, 0.15) is 31.0 Å². The molecule has 1 aliphatic rings. The molecule has 2 aromatic rings. The molecule has 1 aliphatic heterocycles. The van der Waals surface area contributed by atoms with Crippen molar-refractivity contribution in [3.05, 3.63) is 42.0 Å². The Morgan fingerprint density at radius 3 is 2.43 bits per heavy atom. The van der Waals surface area contributed by atoms with Crippen LogP contribution in [0.1, 0.15) is 13.0 Å². The van der Waals surface area contributed by atoms with Crippen molar-refractivity contribution in [3.8, 4) is 11.1 Å². The summed E-state index contributed by atoms with van der Waals surface area (Å²) in [6.45, 7) is 0.776. The number of rotatable bonds is 4. The van der Waals surface area contributed by atoms with Gasteiger partial charge in [0.05, 0.1) is 6.20 Å². The summed E-state index contributed by atoms with van der Waals surface area (Å²) in [5.74, 6) is -5.01. The highest BCUT2D eigenvalue weighted by Crippen LogP contribution is 2.31. The van der Waals surface area contributed by atoms with Gasteiger partial charge in [0.2, 0.25) is 0 Å². The molecule has 1 fully saturated rings. The minimum Gasteiger partial charge on any atom is -0.463 e. The van der Waals surface area contributed by atoms with Crippen molar-refractivity contribution in [2.45, 2.75) is 37.6 Å². The molecule has 0 aliphatic carbocycles. The average Bonchev–Trinajstić information content (AvgIpc) is 3.11. The summed E-state index contributed by atoms with van der Waals surface area (Å²) in [4.78, 5) is 11.0. The first-order valence-corrected chi connectivity index (χ1v) is 8.21. The summed E-state index contributed by atoms with van der Waals surface area (Å²) in [6, 6.07) is 0.331. The van der Waals surface area contributed by atoms with Crippen LogP contribution in [0.25, 0.3) is 11.1 Å². The Kier molecular flexibility index (Phi) is 5.70. The number of aliphatic hydroxyl groups excluding tert-OH is 3. The standard InChI is InChI=1S/C17H17F3N2O6/c1-7(23)27-6-12-15(24)14(16(25)17(26)28-12)22-5-9(4-21-22)8-2-10(18)13(20)11(19)3-8/h2-5,12,14-17,24-26H,6H2,1H3/t12-,14+,15+,16-,17?/m1/s1. The second kappa shape index (κ2) is 7.87. The van der Waals surface area contributed by atoms with Gasteiger partial charge in [-0.2, -0.15) is 5.10 Å². The molecular weight excluding hydrogens is 385 g/mol. The van der Waals surface area contributed by atoms with E-state index in [9.17, 15) is 33.3 Å². The summed E-state index contributed by atoms with van der Waals surface area (Å²) in [7, 11) is 0. The van der Waals surface area contributed by atoms with Gasteiger partial charge in [0.15, 0.2) is 23.7 Å². The lowest BCUT2D eigenvalue weighted by Gasteiger charge is -2.40. The number of aromatic nitrogens is 2. The van der Waals surface area contributed by atoms with E-state index in [1.807, 2.05) is 0 Å². The fraction of sp³-hybridized carbons (Fsp3) is 0.412. The van der Waals surface area contributed by atoms with Crippen LogP contribution in [0.5, 0.6) is 0 Å². The van der Waals surface area contributed by atoms with E-state index in [1.165, 1.54) is 12.4 Å². The van der Waals surface area contributed by atoms with Crippen LogP contribution in [0.2, 0.25) is 0 Å². The van der Waals surface area contributed by atoms with Crippen molar-refractivity contribution in [1.29, 1.82) is 0 Å². The van der Waals surface area contributed by atoms with Crippen LogP contribution in [0.3, 0.4) is 0 Å². The molecule has 0 bridgehead atoms. The number of carbonyl (C=O) groups excluding carboxylic acids is 1. The van der Waals surface area contributed by atoms with Crippen LogP contribution in [0.4, 0.5) is 13.2 Å². The quantitative estimate of drug-likeness (QED) is 0.504. The van der Waals surface area contributed by atoms with Gasteiger partial charge in [-0.05, 0) is 17.7 Å². The predicted molar refractivity (Wildman–Crippen MR) is 86.1 cm³/mol. The number of esters is 1. The molecule has 1 saturated heterocycles. The van der Waals surface area contributed by atoms with Crippen LogP contribution < -0.4 is 0 Å². The molecule has 28 heavy (non-hydrogen) atoms. The van der Waals surface area contributed by atoms with Crippen LogP contribution in [0.15, 0.2) is 24.5 Å². The largest absolute Gasteiger partial charge is 0.463 e. The van der Waals surface area contributed by atoms with Crippen LogP contribution >= 0.6 is 0 Å². The van der Waals surface area contributed by atoms with E-state index in [1.54, 1.807) is 0 Å². The highest BCUT2D eigenvalue weighted by molar-refractivity contribution is 5.65. The number of hydrogen-bond donors (Lipinski definition) is 3. The van der Waals surface area contributed by atoms with Crippen molar-refractivity contribution in [2.75, 3.05) is 6.61 Å². The van der Waals surface area contributed by atoms with Gasteiger partial charge in [-0.25, -0.2) is 13.2 Å². The van der Waals surface area contributed by atoms with Gasteiger partial charge in [-0.1, -0.05) is 0 Å². The van der Waals surface area contributed by atoms with Gasteiger partial charge in [0, 0.05) is 18.7 Å². The summed E-state index contributed by atoms with van der Waals surface area (Å²) >= 11 is 0. The number of halogens is 3. The molecule has 1 aromatic carbocycles. The maximum absolute atomic E-state index is 13.5. The topological polar surface area (TPSA) is 114 Å². The Labute approximate surface area is 156 Å². The first kappa shape index (κ1) is 20.3. The molecule has 0 spiro atoms. The molecule has 1 aromatic heterocycles. The van der Waals surface area contributed by atoms with E-state index in [4.69, 9.17) is 9.47 Å². The van der Waals surface area contributed by atoms with Crippen LogP contribution in [-0.2, 0) is 14.3 Å². The fourth-order valence-electron chi connectivity index (χ4n) is 2.95. The number of hydrogen-bond acceptors (Lipinski definition) is 7. The molecular formula is C17H17F3N2O6. The first-order valence-electron chi connectivity index (χ1n) is 8.21. The second-order valence-electron chi connectivity index (χ2n) is 6.30. The molecule has 8 nitrogen and oxygen atoms in total. The predicted octanol–water partition coefficient (Wildman–Crippen LogP) is 0.511. The third kappa shape index (κ3) is 3.87.